The predicted molar refractivity (Wildman–Crippen MR) is 61.7 cm³/mol. The molecule has 2 nitrogen and oxygen atoms in total. The van der Waals surface area contributed by atoms with Crippen LogP contribution in [0.5, 0.6) is 0 Å². The summed E-state index contributed by atoms with van der Waals surface area (Å²) in [5.41, 5.74) is 7.44. The SMILES string of the molecule is Cc1nc(C2(C)CCCCC2)c(N)s1. The molecule has 2 rings (SSSR count). The van der Waals surface area contributed by atoms with Crippen molar-refractivity contribution in [3.05, 3.63) is 10.7 Å². The van der Waals surface area contributed by atoms with E-state index in [2.05, 4.69) is 11.9 Å². The highest BCUT2D eigenvalue weighted by Crippen LogP contribution is 2.42. The summed E-state index contributed by atoms with van der Waals surface area (Å²) in [5, 5.41) is 2.04. The Bertz CT molecular complexity index is 324. The van der Waals surface area contributed by atoms with Gasteiger partial charge in [0.2, 0.25) is 0 Å². The molecule has 3 heteroatoms. The molecule has 1 aliphatic rings. The van der Waals surface area contributed by atoms with Crippen LogP contribution in [0.2, 0.25) is 0 Å². The molecule has 0 spiro atoms. The van der Waals surface area contributed by atoms with Gasteiger partial charge in [0, 0.05) is 5.41 Å². The molecule has 0 atom stereocenters. The first-order chi connectivity index (χ1) is 6.62. The van der Waals surface area contributed by atoms with Gasteiger partial charge in [0.25, 0.3) is 0 Å². The third-order valence-corrected chi connectivity index (χ3v) is 4.09. The zero-order chi connectivity index (χ0) is 10.2. The van der Waals surface area contributed by atoms with E-state index < -0.39 is 0 Å². The van der Waals surface area contributed by atoms with E-state index >= 15 is 0 Å². The second-order valence-corrected chi connectivity index (χ2v) is 5.80. The van der Waals surface area contributed by atoms with E-state index in [-0.39, 0.29) is 5.41 Å². The summed E-state index contributed by atoms with van der Waals surface area (Å²) in [6.07, 6.45) is 6.53. The van der Waals surface area contributed by atoms with Gasteiger partial charge in [0.15, 0.2) is 0 Å². The summed E-state index contributed by atoms with van der Waals surface area (Å²) < 4.78 is 0. The minimum atomic E-state index is 0.257. The van der Waals surface area contributed by atoms with Gasteiger partial charge in [-0.2, -0.15) is 0 Å². The van der Waals surface area contributed by atoms with Gasteiger partial charge in [-0.15, -0.1) is 11.3 Å². The molecule has 0 aromatic carbocycles. The molecule has 14 heavy (non-hydrogen) atoms. The maximum absolute atomic E-state index is 6.01. The Morgan fingerprint density at radius 3 is 2.43 bits per heavy atom. The maximum atomic E-state index is 6.01. The zero-order valence-electron chi connectivity index (χ0n) is 8.97. The number of hydrogen-bond donors (Lipinski definition) is 1. The van der Waals surface area contributed by atoms with Crippen molar-refractivity contribution in [2.24, 2.45) is 0 Å². The molecule has 1 aromatic rings. The van der Waals surface area contributed by atoms with Crippen molar-refractivity contribution in [3.63, 3.8) is 0 Å². The van der Waals surface area contributed by atoms with Crippen molar-refractivity contribution in [2.75, 3.05) is 5.73 Å². The first-order valence-corrected chi connectivity index (χ1v) is 6.17. The molecule has 2 N–H and O–H groups in total. The van der Waals surface area contributed by atoms with Crippen molar-refractivity contribution in [2.45, 2.75) is 51.4 Å². The topological polar surface area (TPSA) is 38.9 Å². The number of thiazole rings is 1. The van der Waals surface area contributed by atoms with Gasteiger partial charge in [-0.25, -0.2) is 4.98 Å². The third-order valence-electron chi connectivity index (χ3n) is 3.29. The lowest BCUT2D eigenvalue weighted by atomic mass is 9.73. The first-order valence-electron chi connectivity index (χ1n) is 5.35. The van der Waals surface area contributed by atoms with E-state index in [4.69, 9.17) is 5.73 Å². The third kappa shape index (κ3) is 1.65. The molecule has 0 radical (unpaired) electrons. The van der Waals surface area contributed by atoms with E-state index in [1.54, 1.807) is 11.3 Å². The van der Waals surface area contributed by atoms with Gasteiger partial charge < -0.3 is 5.73 Å². The van der Waals surface area contributed by atoms with Crippen LogP contribution in [0.15, 0.2) is 0 Å². The number of nitrogens with zero attached hydrogens (tertiary/aromatic N) is 1. The molecule has 1 fully saturated rings. The molecule has 1 heterocycles. The lowest BCUT2D eigenvalue weighted by Gasteiger charge is -2.32. The molecule has 0 unspecified atom stereocenters. The Balaban J connectivity index is 2.32. The quantitative estimate of drug-likeness (QED) is 0.772. The Morgan fingerprint density at radius 1 is 1.29 bits per heavy atom. The Labute approximate surface area is 89.5 Å². The van der Waals surface area contributed by atoms with E-state index in [1.165, 1.54) is 37.8 Å². The largest absolute Gasteiger partial charge is 0.389 e. The van der Waals surface area contributed by atoms with Crippen LogP contribution in [0.25, 0.3) is 0 Å². The average Bonchev–Trinajstić information content (AvgIpc) is 2.47. The van der Waals surface area contributed by atoms with Crippen molar-refractivity contribution in [1.82, 2.24) is 4.98 Å². The summed E-state index contributed by atoms with van der Waals surface area (Å²) in [6, 6.07) is 0. The lowest BCUT2D eigenvalue weighted by molar-refractivity contribution is 0.314. The van der Waals surface area contributed by atoms with Crippen LogP contribution >= 0.6 is 11.3 Å². The van der Waals surface area contributed by atoms with E-state index in [9.17, 15) is 0 Å². The minimum Gasteiger partial charge on any atom is -0.389 e. The number of anilines is 1. The summed E-state index contributed by atoms with van der Waals surface area (Å²) in [5.74, 6) is 0. The van der Waals surface area contributed by atoms with Gasteiger partial charge in [-0.1, -0.05) is 26.2 Å². The fourth-order valence-electron chi connectivity index (χ4n) is 2.44. The zero-order valence-corrected chi connectivity index (χ0v) is 9.78. The van der Waals surface area contributed by atoms with Crippen molar-refractivity contribution in [1.29, 1.82) is 0 Å². The smallest absolute Gasteiger partial charge is 0.110 e. The number of aryl methyl sites for hydroxylation is 1. The highest BCUT2D eigenvalue weighted by atomic mass is 32.1. The summed E-state index contributed by atoms with van der Waals surface area (Å²) in [4.78, 5) is 4.60. The Hall–Kier alpha value is -0.570. The lowest BCUT2D eigenvalue weighted by Crippen LogP contribution is -2.26. The molecule has 0 bridgehead atoms. The van der Waals surface area contributed by atoms with Crippen LogP contribution in [0.1, 0.15) is 49.7 Å². The van der Waals surface area contributed by atoms with Crippen LogP contribution in [0.3, 0.4) is 0 Å². The van der Waals surface area contributed by atoms with Gasteiger partial charge in [-0.3, -0.25) is 0 Å². The number of rotatable bonds is 1. The van der Waals surface area contributed by atoms with Crippen molar-refractivity contribution >= 4 is 16.3 Å². The molecule has 0 aliphatic heterocycles. The fourth-order valence-corrected chi connectivity index (χ4v) is 3.29. The minimum absolute atomic E-state index is 0.257. The second-order valence-electron chi connectivity index (χ2n) is 4.57. The highest BCUT2D eigenvalue weighted by molar-refractivity contribution is 7.15. The first kappa shape index (κ1) is 9.97. The monoisotopic (exact) mass is 210 g/mol. The molecule has 1 saturated carbocycles. The normalized spacial score (nSPS) is 21.0. The molecular formula is C11H18N2S. The van der Waals surface area contributed by atoms with Crippen molar-refractivity contribution < 1.29 is 0 Å². The molecular weight excluding hydrogens is 192 g/mol. The van der Waals surface area contributed by atoms with Crippen LogP contribution in [0, 0.1) is 6.92 Å². The highest BCUT2D eigenvalue weighted by Gasteiger charge is 2.32. The maximum Gasteiger partial charge on any atom is 0.110 e. The molecule has 0 saturated heterocycles. The van der Waals surface area contributed by atoms with Crippen LogP contribution in [-0.4, -0.2) is 4.98 Å². The Morgan fingerprint density at radius 2 is 1.93 bits per heavy atom. The fraction of sp³-hybridized carbons (Fsp3) is 0.727. The second kappa shape index (κ2) is 3.54. The Kier molecular flexibility index (Phi) is 2.52. The van der Waals surface area contributed by atoms with Gasteiger partial charge >= 0.3 is 0 Å². The summed E-state index contributed by atoms with van der Waals surface area (Å²) in [6.45, 7) is 4.35. The number of nitrogen functional groups attached to an aromatic ring is 1. The standard InChI is InChI=1S/C11H18N2S/c1-8-13-9(10(12)14-8)11(2)6-4-3-5-7-11/h3-7,12H2,1-2H3. The molecule has 0 amide bonds. The molecule has 1 aromatic heterocycles. The van der Waals surface area contributed by atoms with Gasteiger partial charge in [0.1, 0.15) is 5.00 Å². The number of hydrogen-bond acceptors (Lipinski definition) is 3. The van der Waals surface area contributed by atoms with E-state index in [0.29, 0.717) is 0 Å². The molecule has 1 aliphatic carbocycles. The predicted octanol–water partition coefficient (Wildman–Crippen LogP) is 3.26. The molecule has 78 valence electrons. The van der Waals surface area contributed by atoms with Crippen LogP contribution in [-0.2, 0) is 5.41 Å². The van der Waals surface area contributed by atoms with Gasteiger partial charge in [-0.05, 0) is 19.8 Å². The summed E-state index contributed by atoms with van der Waals surface area (Å²) in [7, 11) is 0. The average molecular weight is 210 g/mol. The van der Waals surface area contributed by atoms with Gasteiger partial charge in [0.05, 0.1) is 10.7 Å². The van der Waals surface area contributed by atoms with Crippen LogP contribution < -0.4 is 5.73 Å². The van der Waals surface area contributed by atoms with Crippen molar-refractivity contribution in [3.8, 4) is 0 Å². The van der Waals surface area contributed by atoms with E-state index in [1.807, 2.05) is 6.92 Å². The van der Waals surface area contributed by atoms with Crippen LogP contribution in [0.4, 0.5) is 5.00 Å². The number of nitrogens with two attached hydrogens (primary N) is 1. The summed E-state index contributed by atoms with van der Waals surface area (Å²) >= 11 is 1.63. The van der Waals surface area contributed by atoms with E-state index in [0.717, 1.165) is 10.0 Å². The number of aromatic nitrogens is 1.